The van der Waals surface area contributed by atoms with Gasteiger partial charge < -0.3 is 13.7 Å². The molecule has 1 aromatic carbocycles. The number of ether oxygens (including phenoxy) is 1. The second kappa shape index (κ2) is 6.61. The van der Waals surface area contributed by atoms with Gasteiger partial charge in [-0.2, -0.15) is 5.26 Å². The van der Waals surface area contributed by atoms with Gasteiger partial charge in [0.25, 0.3) is 0 Å². The monoisotopic (exact) mass is 341 g/mol. The van der Waals surface area contributed by atoms with Crippen molar-refractivity contribution in [1.29, 1.82) is 5.26 Å². The van der Waals surface area contributed by atoms with Crippen molar-refractivity contribution in [2.75, 3.05) is 0 Å². The number of esters is 1. The van der Waals surface area contributed by atoms with Gasteiger partial charge in [-0.05, 0) is 42.5 Å². The number of hydrogen-bond donors (Lipinski definition) is 0. The number of hydrogen-bond acceptors (Lipinski definition) is 3. The van der Waals surface area contributed by atoms with Crippen LogP contribution in [0.5, 0.6) is 0 Å². The molecule has 0 radical (unpaired) electrons. The average Bonchev–Trinajstić information content (AvgIpc) is 3.33. The molecule has 0 fully saturated rings. The average molecular weight is 341 g/mol. The highest BCUT2D eigenvalue weighted by Gasteiger charge is 2.13. The number of nitrogens with zero attached hydrogens (tertiary/aromatic N) is 3. The minimum atomic E-state index is -0.418. The number of carbonyl (C=O) groups excluding carboxylic acids is 1. The first-order chi connectivity index (χ1) is 12.8. The second-order valence-electron chi connectivity index (χ2n) is 5.85. The number of rotatable bonds is 4. The summed E-state index contributed by atoms with van der Waals surface area (Å²) in [6.07, 6.45) is 7.51. The summed E-state index contributed by atoms with van der Waals surface area (Å²) in [7, 11) is 0. The molecule has 0 aliphatic carbocycles. The fraction of sp³-hybridized carbons (Fsp3) is 0.0476. The minimum absolute atomic E-state index is 0.0527. The molecular weight excluding hydrogens is 326 g/mol. The van der Waals surface area contributed by atoms with Crippen molar-refractivity contribution in [2.24, 2.45) is 0 Å². The van der Waals surface area contributed by atoms with Gasteiger partial charge in [0.05, 0.1) is 16.6 Å². The van der Waals surface area contributed by atoms with Gasteiger partial charge in [-0.1, -0.05) is 12.1 Å². The summed E-state index contributed by atoms with van der Waals surface area (Å²) >= 11 is 0. The zero-order valence-corrected chi connectivity index (χ0v) is 13.9. The molecule has 0 unspecified atom stereocenters. The first-order valence-corrected chi connectivity index (χ1v) is 8.15. The maximum Gasteiger partial charge on any atom is 0.338 e. The summed E-state index contributed by atoms with van der Waals surface area (Å²) in [6, 6.07) is 18.9. The van der Waals surface area contributed by atoms with Crippen LogP contribution in [0.15, 0.2) is 79.4 Å². The van der Waals surface area contributed by atoms with Crippen LogP contribution in [0.1, 0.15) is 21.5 Å². The van der Waals surface area contributed by atoms with Gasteiger partial charge in [-0.15, -0.1) is 0 Å². The van der Waals surface area contributed by atoms with Crippen LogP contribution < -0.4 is 0 Å². The fourth-order valence-corrected chi connectivity index (χ4v) is 2.94. The highest BCUT2D eigenvalue weighted by atomic mass is 16.5. The molecule has 4 aromatic rings. The highest BCUT2D eigenvalue weighted by Crippen LogP contribution is 2.19. The molecule has 0 aliphatic heterocycles. The molecule has 0 saturated heterocycles. The van der Waals surface area contributed by atoms with Crippen LogP contribution >= 0.6 is 0 Å². The van der Waals surface area contributed by atoms with Crippen molar-refractivity contribution in [2.45, 2.75) is 6.61 Å². The van der Waals surface area contributed by atoms with Gasteiger partial charge in [0.15, 0.2) is 0 Å². The van der Waals surface area contributed by atoms with Crippen LogP contribution in [0.25, 0.3) is 11.2 Å². The van der Waals surface area contributed by atoms with Crippen molar-refractivity contribution >= 4 is 11.5 Å². The van der Waals surface area contributed by atoms with E-state index in [1.165, 1.54) is 0 Å². The molecular formula is C21H15N3O2. The standard InChI is InChI=1S/C21H15N3O2/c22-13-19-17(14-24-11-2-1-8-20(19)24)15-26-21(25)16-6-5-7-18(12-16)23-9-3-4-10-23/h1-12,14H,15H2. The maximum absolute atomic E-state index is 12.4. The number of nitriles is 1. The van der Waals surface area contributed by atoms with Gasteiger partial charge in [0, 0.05) is 36.0 Å². The van der Waals surface area contributed by atoms with Crippen LogP contribution in [0.3, 0.4) is 0 Å². The molecule has 0 amide bonds. The molecule has 4 rings (SSSR count). The van der Waals surface area contributed by atoms with E-state index in [2.05, 4.69) is 6.07 Å². The summed E-state index contributed by atoms with van der Waals surface area (Å²) in [5.41, 5.74) is 3.37. The number of benzene rings is 1. The summed E-state index contributed by atoms with van der Waals surface area (Å²) in [4.78, 5) is 12.4. The Hall–Kier alpha value is -3.78. The molecule has 0 bridgehead atoms. The summed E-state index contributed by atoms with van der Waals surface area (Å²) in [5.74, 6) is -0.418. The number of pyridine rings is 1. The smallest absolute Gasteiger partial charge is 0.338 e. The topological polar surface area (TPSA) is 59.4 Å². The molecule has 3 aromatic heterocycles. The molecule has 0 aliphatic rings. The Morgan fingerprint density at radius 3 is 2.65 bits per heavy atom. The van der Waals surface area contributed by atoms with E-state index in [4.69, 9.17) is 4.74 Å². The molecule has 3 heterocycles. The van der Waals surface area contributed by atoms with E-state index in [1.807, 2.05) is 76.2 Å². The number of fused-ring (bicyclic) bond motifs is 1. The molecule has 0 N–H and O–H groups in total. The van der Waals surface area contributed by atoms with Crippen LogP contribution in [-0.4, -0.2) is 14.9 Å². The Kier molecular flexibility index (Phi) is 4.00. The third-order valence-electron chi connectivity index (χ3n) is 4.22. The Morgan fingerprint density at radius 1 is 1.04 bits per heavy atom. The lowest BCUT2D eigenvalue weighted by Gasteiger charge is -2.07. The Bertz CT molecular complexity index is 1120. The lowest BCUT2D eigenvalue weighted by Crippen LogP contribution is -2.06. The van der Waals surface area contributed by atoms with Gasteiger partial charge >= 0.3 is 5.97 Å². The van der Waals surface area contributed by atoms with E-state index in [0.29, 0.717) is 16.7 Å². The molecule has 0 spiro atoms. The normalized spacial score (nSPS) is 10.6. The van der Waals surface area contributed by atoms with Gasteiger partial charge in [-0.25, -0.2) is 4.79 Å². The van der Waals surface area contributed by atoms with Gasteiger partial charge in [-0.3, -0.25) is 0 Å². The lowest BCUT2D eigenvalue weighted by atomic mass is 10.2. The van der Waals surface area contributed by atoms with Crippen LogP contribution in [0.2, 0.25) is 0 Å². The number of aromatic nitrogens is 2. The van der Waals surface area contributed by atoms with Crippen molar-refractivity contribution in [1.82, 2.24) is 8.97 Å². The first-order valence-electron chi connectivity index (χ1n) is 8.15. The quantitative estimate of drug-likeness (QED) is 0.528. The van der Waals surface area contributed by atoms with E-state index in [9.17, 15) is 10.1 Å². The predicted molar refractivity (Wildman–Crippen MR) is 97.0 cm³/mol. The molecule has 5 heteroatoms. The molecule has 26 heavy (non-hydrogen) atoms. The first kappa shape index (κ1) is 15.7. The van der Waals surface area contributed by atoms with Crippen LogP contribution in [-0.2, 0) is 11.3 Å². The Morgan fingerprint density at radius 2 is 1.85 bits per heavy atom. The zero-order chi connectivity index (χ0) is 17.9. The lowest BCUT2D eigenvalue weighted by molar-refractivity contribution is 0.0472. The third-order valence-corrected chi connectivity index (χ3v) is 4.22. The predicted octanol–water partition coefficient (Wildman–Crippen LogP) is 3.96. The van der Waals surface area contributed by atoms with E-state index in [0.717, 1.165) is 11.2 Å². The minimum Gasteiger partial charge on any atom is -0.457 e. The fourth-order valence-electron chi connectivity index (χ4n) is 2.94. The van der Waals surface area contributed by atoms with Crippen LogP contribution in [0.4, 0.5) is 0 Å². The van der Waals surface area contributed by atoms with E-state index < -0.39 is 5.97 Å². The molecule has 5 nitrogen and oxygen atoms in total. The Labute approximate surface area is 150 Å². The second-order valence-corrected chi connectivity index (χ2v) is 5.85. The van der Waals surface area contributed by atoms with Gasteiger partial charge in [0.1, 0.15) is 12.7 Å². The van der Waals surface area contributed by atoms with Crippen molar-refractivity contribution in [3.05, 3.63) is 96.1 Å². The Balaban J connectivity index is 1.55. The summed E-state index contributed by atoms with van der Waals surface area (Å²) in [5, 5.41) is 9.42. The molecule has 0 atom stereocenters. The summed E-state index contributed by atoms with van der Waals surface area (Å²) in [6.45, 7) is 0.0527. The largest absolute Gasteiger partial charge is 0.457 e. The summed E-state index contributed by atoms with van der Waals surface area (Å²) < 4.78 is 9.22. The van der Waals surface area contributed by atoms with Gasteiger partial charge in [0.2, 0.25) is 0 Å². The van der Waals surface area contributed by atoms with E-state index in [-0.39, 0.29) is 6.61 Å². The highest BCUT2D eigenvalue weighted by molar-refractivity contribution is 5.90. The zero-order valence-electron chi connectivity index (χ0n) is 13.9. The van der Waals surface area contributed by atoms with Crippen LogP contribution in [0, 0.1) is 11.3 Å². The van der Waals surface area contributed by atoms with E-state index >= 15 is 0 Å². The van der Waals surface area contributed by atoms with E-state index in [1.54, 1.807) is 12.1 Å². The van der Waals surface area contributed by atoms with Crippen molar-refractivity contribution < 1.29 is 9.53 Å². The van der Waals surface area contributed by atoms with Crippen molar-refractivity contribution in [3.63, 3.8) is 0 Å². The number of carbonyl (C=O) groups is 1. The molecule has 126 valence electrons. The van der Waals surface area contributed by atoms with Crippen molar-refractivity contribution in [3.8, 4) is 11.8 Å². The third kappa shape index (κ3) is 2.85. The maximum atomic E-state index is 12.4. The molecule has 0 saturated carbocycles. The SMILES string of the molecule is N#Cc1c(COC(=O)c2cccc(-n3cccc3)c2)cn2ccccc12.